The Morgan fingerprint density at radius 1 is 1.23 bits per heavy atom. The number of nitrogen functional groups attached to an aromatic ring is 1. The van der Waals surface area contributed by atoms with E-state index < -0.39 is 0 Å². The lowest BCUT2D eigenvalue weighted by Gasteiger charge is -2.20. The third kappa shape index (κ3) is 3.60. The predicted octanol–water partition coefficient (Wildman–Crippen LogP) is 1.24. The fourth-order valence-electron chi connectivity index (χ4n) is 1.94. The second kappa shape index (κ2) is 7.21. The Balaban J connectivity index is 2.06. The van der Waals surface area contributed by atoms with Crippen molar-refractivity contribution in [3.63, 3.8) is 0 Å². The Bertz CT molecular complexity index is 656. The van der Waals surface area contributed by atoms with Gasteiger partial charge in [0.1, 0.15) is 0 Å². The van der Waals surface area contributed by atoms with Crippen molar-refractivity contribution < 1.29 is 4.63 Å². The van der Waals surface area contributed by atoms with Crippen LogP contribution in [0.15, 0.2) is 39.1 Å². The molecule has 116 valence electrons. The Morgan fingerprint density at radius 2 is 1.91 bits per heavy atom. The molecule has 0 radical (unpaired) electrons. The Morgan fingerprint density at radius 3 is 2.45 bits per heavy atom. The van der Waals surface area contributed by atoms with Gasteiger partial charge in [-0.15, -0.1) is 5.10 Å². The maximum Gasteiger partial charge on any atom is 0.199 e. The predicted molar refractivity (Wildman–Crippen MR) is 87.0 cm³/mol. The topological polar surface area (TPSA) is 119 Å². The van der Waals surface area contributed by atoms with Crippen molar-refractivity contribution in [2.24, 2.45) is 15.9 Å². The molecule has 1 heterocycles. The highest BCUT2D eigenvalue weighted by Crippen LogP contribution is 2.14. The molecule has 0 aliphatic rings. The molecular weight excluding hydrogens is 282 g/mol. The van der Waals surface area contributed by atoms with Crippen LogP contribution in [0, 0.1) is 0 Å². The van der Waals surface area contributed by atoms with E-state index in [0.29, 0.717) is 0 Å². The second-order valence-electron chi connectivity index (χ2n) is 4.49. The van der Waals surface area contributed by atoms with Gasteiger partial charge in [-0.2, -0.15) is 5.10 Å². The molecule has 8 nitrogen and oxygen atoms in total. The van der Waals surface area contributed by atoms with E-state index in [0.717, 1.165) is 18.7 Å². The van der Waals surface area contributed by atoms with Crippen LogP contribution in [0.3, 0.4) is 0 Å². The number of anilines is 2. The van der Waals surface area contributed by atoms with Crippen LogP contribution in [0.1, 0.15) is 25.1 Å². The Hall–Kier alpha value is -2.90. The first-order chi connectivity index (χ1) is 10.7. The van der Waals surface area contributed by atoms with Gasteiger partial charge in [-0.25, -0.2) is 4.63 Å². The highest BCUT2D eigenvalue weighted by molar-refractivity contribution is 5.99. The average molecular weight is 301 g/mol. The van der Waals surface area contributed by atoms with E-state index in [1.807, 2.05) is 24.3 Å². The average Bonchev–Trinajstić information content (AvgIpc) is 2.96. The van der Waals surface area contributed by atoms with E-state index in [-0.39, 0.29) is 17.3 Å². The van der Waals surface area contributed by atoms with Gasteiger partial charge >= 0.3 is 0 Å². The molecule has 0 spiro atoms. The summed E-state index contributed by atoms with van der Waals surface area (Å²) >= 11 is 0. The van der Waals surface area contributed by atoms with E-state index in [2.05, 4.69) is 43.9 Å². The molecule has 8 heteroatoms. The van der Waals surface area contributed by atoms with Crippen molar-refractivity contribution in [2.75, 3.05) is 23.7 Å². The fraction of sp³-hybridized carbons (Fsp3) is 0.286. The van der Waals surface area contributed by atoms with Crippen LogP contribution in [0.5, 0.6) is 0 Å². The number of aromatic nitrogens is 2. The number of nitrogens with zero attached hydrogens (tertiary/aromatic N) is 5. The number of rotatable bonds is 6. The Labute approximate surface area is 128 Å². The maximum absolute atomic E-state index is 5.69. The second-order valence-corrected chi connectivity index (χ2v) is 4.49. The molecule has 0 atom stereocenters. The van der Waals surface area contributed by atoms with E-state index in [4.69, 9.17) is 11.5 Å². The third-order valence-corrected chi connectivity index (χ3v) is 3.15. The van der Waals surface area contributed by atoms with Gasteiger partial charge in [-0.3, -0.25) is 0 Å². The standard InChI is InChI=1S/C14H19N7O/c1-3-21(4-2)11-7-5-10(6-8-11)9-17-18-13(15)12-14(16)20-22-19-12/h5-9H,3-4H2,1-2H3,(H2,15,18)(H2,16,20)/b17-9-. The van der Waals surface area contributed by atoms with Crippen molar-refractivity contribution in [1.82, 2.24) is 10.3 Å². The van der Waals surface area contributed by atoms with Gasteiger partial charge in [0.2, 0.25) is 0 Å². The summed E-state index contributed by atoms with van der Waals surface area (Å²) in [6.07, 6.45) is 1.60. The highest BCUT2D eigenvalue weighted by Gasteiger charge is 2.09. The van der Waals surface area contributed by atoms with Crippen LogP contribution in [0.4, 0.5) is 11.5 Å². The lowest BCUT2D eigenvalue weighted by atomic mass is 10.2. The summed E-state index contributed by atoms with van der Waals surface area (Å²) in [7, 11) is 0. The van der Waals surface area contributed by atoms with Gasteiger partial charge < -0.3 is 16.4 Å². The first-order valence-corrected chi connectivity index (χ1v) is 6.95. The van der Waals surface area contributed by atoms with E-state index >= 15 is 0 Å². The summed E-state index contributed by atoms with van der Waals surface area (Å²) in [4.78, 5) is 2.26. The molecule has 22 heavy (non-hydrogen) atoms. The Kier molecular flexibility index (Phi) is 5.07. The van der Waals surface area contributed by atoms with Gasteiger partial charge in [0.15, 0.2) is 17.3 Å². The fourth-order valence-corrected chi connectivity index (χ4v) is 1.94. The molecule has 0 unspecified atom stereocenters. The highest BCUT2D eigenvalue weighted by atomic mass is 16.6. The number of hydrogen-bond donors (Lipinski definition) is 2. The van der Waals surface area contributed by atoms with Crippen molar-refractivity contribution in [2.45, 2.75) is 13.8 Å². The molecule has 0 aliphatic carbocycles. The van der Waals surface area contributed by atoms with Gasteiger partial charge in [0.05, 0.1) is 6.21 Å². The van der Waals surface area contributed by atoms with Crippen LogP contribution in [0.2, 0.25) is 0 Å². The van der Waals surface area contributed by atoms with Crippen molar-refractivity contribution in [3.8, 4) is 0 Å². The number of nitrogens with two attached hydrogens (primary N) is 2. The molecule has 0 bridgehead atoms. The van der Waals surface area contributed by atoms with E-state index in [9.17, 15) is 0 Å². The molecule has 1 aromatic carbocycles. The normalized spacial score (nSPS) is 12.0. The molecule has 4 N–H and O–H groups in total. The molecule has 0 saturated carbocycles. The number of hydrogen-bond acceptors (Lipinski definition) is 7. The molecular formula is C14H19N7O. The van der Waals surface area contributed by atoms with Crippen LogP contribution in [0.25, 0.3) is 0 Å². The summed E-state index contributed by atoms with van der Waals surface area (Å²) in [5.41, 5.74) is 13.5. The van der Waals surface area contributed by atoms with Crippen molar-refractivity contribution >= 4 is 23.6 Å². The zero-order valence-corrected chi connectivity index (χ0v) is 12.6. The van der Waals surface area contributed by atoms with Crippen molar-refractivity contribution in [3.05, 3.63) is 35.5 Å². The van der Waals surface area contributed by atoms with Crippen LogP contribution in [-0.4, -0.2) is 35.5 Å². The minimum Gasteiger partial charge on any atom is -0.380 e. The molecule has 2 aromatic rings. The molecule has 0 saturated heterocycles. The zero-order chi connectivity index (χ0) is 15.9. The SMILES string of the molecule is CCN(CC)c1ccc(/C=N\N=C(N)c2nonc2N)cc1. The maximum atomic E-state index is 5.69. The first kappa shape index (κ1) is 15.5. The van der Waals surface area contributed by atoms with Gasteiger partial charge in [-0.05, 0) is 41.9 Å². The first-order valence-electron chi connectivity index (χ1n) is 6.95. The lowest BCUT2D eigenvalue weighted by molar-refractivity contribution is 0.308. The van der Waals surface area contributed by atoms with Gasteiger partial charge in [-0.1, -0.05) is 12.1 Å². The third-order valence-electron chi connectivity index (χ3n) is 3.15. The molecule has 0 fully saturated rings. The van der Waals surface area contributed by atoms with E-state index in [1.165, 1.54) is 5.69 Å². The lowest BCUT2D eigenvalue weighted by Crippen LogP contribution is -2.21. The van der Waals surface area contributed by atoms with Gasteiger partial charge in [0.25, 0.3) is 0 Å². The van der Waals surface area contributed by atoms with Crippen LogP contribution in [-0.2, 0) is 0 Å². The van der Waals surface area contributed by atoms with Crippen LogP contribution < -0.4 is 16.4 Å². The van der Waals surface area contributed by atoms with E-state index in [1.54, 1.807) is 6.21 Å². The molecule has 1 aromatic heterocycles. The summed E-state index contributed by atoms with van der Waals surface area (Å²) in [5, 5.41) is 14.7. The summed E-state index contributed by atoms with van der Waals surface area (Å²) in [6.45, 7) is 6.19. The van der Waals surface area contributed by atoms with Crippen LogP contribution >= 0.6 is 0 Å². The number of benzene rings is 1. The molecule has 0 aliphatic heterocycles. The summed E-state index contributed by atoms with van der Waals surface area (Å²) < 4.78 is 4.45. The summed E-state index contributed by atoms with van der Waals surface area (Å²) in [6, 6.07) is 8.02. The monoisotopic (exact) mass is 301 g/mol. The summed E-state index contributed by atoms with van der Waals surface area (Å²) in [5.74, 6) is 0.134. The van der Waals surface area contributed by atoms with Gasteiger partial charge in [0, 0.05) is 18.8 Å². The molecule has 0 amide bonds. The quantitative estimate of drug-likeness (QED) is 0.470. The largest absolute Gasteiger partial charge is 0.380 e. The minimum atomic E-state index is 0.0507. The zero-order valence-electron chi connectivity index (χ0n) is 12.6. The smallest absolute Gasteiger partial charge is 0.199 e. The number of amidine groups is 1. The van der Waals surface area contributed by atoms with Crippen molar-refractivity contribution in [1.29, 1.82) is 0 Å². The minimum absolute atomic E-state index is 0.0507. The molecule has 2 rings (SSSR count).